The summed E-state index contributed by atoms with van der Waals surface area (Å²) in [5.41, 5.74) is 0. The fourth-order valence-electron chi connectivity index (χ4n) is 1.08. The Hall–Kier alpha value is -0.410. The van der Waals surface area contributed by atoms with Crippen LogP contribution in [0, 0.1) is 0 Å². The molecule has 1 aliphatic rings. The summed E-state index contributed by atoms with van der Waals surface area (Å²) in [5.74, 6) is 0. The number of nitrogens with zero attached hydrogens (tertiary/aromatic N) is 2. The Labute approximate surface area is 80.4 Å². The molecule has 1 rings (SSSR count). The fraction of sp³-hybridized carbons (Fsp3) is 0.750. The van der Waals surface area contributed by atoms with Crippen LogP contribution in [0.3, 0.4) is 0 Å². The molecule has 0 aliphatic carbocycles. The van der Waals surface area contributed by atoms with Crippen LogP contribution in [-0.2, 0) is 4.74 Å². The van der Waals surface area contributed by atoms with E-state index < -0.39 is 0 Å². The Morgan fingerprint density at radius 1 is 1.33 bits per heavy atom. The molecule has 4 heteroatoms. The van der Waals surface area contributed by atoms with Gasteiger partial charge in [0.25, 0.3) is 0 Å². The van der Waals surface area contributed by atoms with Crippen molar-refractivity contribution in [1.29, 1.82) is 0 Å². The van der Waals surface area contributed by atoms with E-state index in [4.69, 9.17) is 4.74 Å². The highest BCUT2D eigenvalue weighted by molar-refractivity contribution is 5.85. The molecule has 3 nitrogen and oxygen atoms in total. The van der Waals surface area contributed by atoms with Crippen LogP contribution in [-0.4, -0.2) is 43.3 Å². The van der Waals surface area contributed by atoms with Crippen molar-refractivity contribution in [3.05, 3.63) is 12.4 Å². The molecule has 0 radical (unpaired) electrons. The summed E-state index contributed by atoms with van der Waals surface area (Å²) in [6, 6.07) is 0. The molecule has 12 heavy (non-hydrogen) atoms. The smallest absolute Gasteiger partial charge is 0.0894 e. The van der Waals surface area contributed by atoms with Crippen molar-refractivity contribution in [2.75, 3.05) is 33.5 Å². The Kier molecular flexibility index (Phi) is 5.93. The van der Waals surface area contributed by atoms with Gasteiger partial charge in [-0.2, -0.15) is 0 Å². The van der Waals surface area contributed by atoms with E-state index in [2.05, 4.69) is 29.1 Å². The van der Waals surface area contributed by atoms with Gasteiger partial charge in [0.1, 0.15) is 0 Å². The molecule has 0 aromatic heterocycles. The zero-order valence-electron chi connectivity index (χ0n) is 7.69. The highest BCUT2D eigenvalue weighted by Gasteiger charge is 2.08. The molecule has 0 atom stereocenters. The average Bonchev–Trinajstić information content (AvgIpc) is 2.48. The summed E-state index contributed by atoms with van der Waals surface area (Å²) >= 11 is 0. The predicted octanol–water partition coefficient (Wildman–Crippen LogP) is 1.12. The number of methoxy groups -OCH3 is 1. The first-order valence-electron chi connectivity index (χ1n) is 4.02. The van der Waals surface area contributed by atoms with Crippen molar-refractivity contribution < 1.29 is 4.74 Å². The van der Waals surface area contributed by atoms with Gasteiger partial charge < -0.3 is 14.5 Å². The quantitative estimate of drug-likeness (QED) is 0.664. The van der Waals surface area contributed by atoms with E-state index >= 15 is 0 Å². The van der Waals surface area contributed by atoms with Gasteiger partial charge in [-0.25, -0.2) is 0 Å². The molecule has 0 N–H and O–H groups in total. The number of halogens is 1. The molecule has 0 saturated carbocycles. The third-order valence-corrected chi connectivity index (χ3v) is 1.84. The molecular formula is C8H17ClN2O. The third kappa shape index (κ3) is 3.32. The van der Waals surface area contributed by atoms with Crippen molar-refractivity contribution in [3.8, 4) is 0 Å². The Morgan fingerprint density at radius 3 is 2.50 bits per heavy atom. The normalized spacial score (nSPS) is 15.2. The maximum atomic E-state index is 4.98. The minimum absolute atomic E-state index is 0. The predicted molar refractivity (Wildman–Crippen MR) is 52.2 cm³/mol. The van der Waals surface area contributed by atoms with Gasteiger partial charge in [0, 0.05) is 32.6 Å². The van der Waals surface area contributed by atoms with Gasteiger partial charge in [-0.15, -0.1) is 12.4 Å². The van der Waals surface area contributed by atoms with E-state index in [0.29, 0.717) is 0 Å². The monoisotopic (exact) mass is 192 g/mol. The van der Waals surface area contributed by atoms with E-state index in [1.807, 2.05) is 0 Å². The molecule has 0 bridgehead atoms. The molecule has 0 amide bonds. The van der Waals surface area contributed by atoms with Gasteiger partial charge in [-0.3, -0.25) is 0 Å². The molecule has 0 fully saturated rings. The zero-order valence-corrected chi connectivity index (χ0v) is 8.51. The second-order valence-corrected chi connectivity index (χ2v) is 2.65. The summed E-state index contributed by atoms with van der Waals surface area (Å²) in [7, 11) is 1.73. The molecule has 0 unspecified atom stereocenters. The Balaban J connectivity index is 0.00000121. The molecule has 0 aromatic rings. The van der Waals surface area contributed by atoms with Crippen LogP contribution in [0.15, 0.2) is 12.4 Å². The zero-order chi connectivity index (χ0) is 8.10. The van der Waals surface area contributed by atoms with E-state index in [0.717, 1.165) is 26.4 Å². The molecular weight excluding hydrogens is 176 g/mol. The van der Waals surface area contributed by atoms with Gasteiger partial charge in [0.05, 0.1) is 13.3 Å². The van der Waals surface area contributed by atoms with Crippen LogP contribution in [0.25, 0.3) is 0 Å². The van der Waals surface area contributed by atoms with Crippen LogP contribution >= 0.6 is 12.4 Å². The van der Waals surface area contributed by atoms with Crippen molar-refractivity contribution >= 4 is 12.4 Å². The molecule has 0 spiro atoms. The number of hydrogen-bond acceptors (Lipinski definition) is 3. The van der Waals surface area contributed by atoms with Gasteiger partial charge >= 0.3 is 0 Å². The van der Waals surface area contributed by atoms with Crippen LogP contribution in [0.5, 0.6) is 0 Å². The summed E-state index contributed by atoms with van der Waals surface area (Å²) in [5, 5.41) is 0. The van der Waals surface area contributed by atoms with Gasteiger partial charge in [-0.05, 0) is 6.92 Å². The Morgan fingerprint density at radius 2 is 2.00 bits per heavy atom. The first-order valence-corrected chi connectivity index (χ1v) is 4.02. The molecule has 1 heterocycles. The third-order valence-electron chi connectivity index (χ3n) is 1.84. The van der Waals surface area contributed by atoms with Gasteiger partial charge in [0.15, 0.2) is 0 Å². The van der Waals surface area contributed by atoms with E-state index in [-0.39, 0.29) is 12.4 Å². The molecule has 1 aliphatic heterocycles. The summed E-state index contributed by atoms with van der Waals surface area (Å²) < 4.78 is 4.98. The van der Waals surface area contributed by atoms with E-state index in [1.165, 1.54) is 0 Å². The first-order chi connectivity index (χ1) is 5.36. The van der Waals surface area contributed by atoms with Gasteiger partial charge in [0.2, 0.25) is 0 Å². The van der Waals surface area contributed by atoms with Crippen LogP contribution < -0.4 is 0 Å². The minimum Gasteiger partial charge on any atom is -0.383 e. The van der Waals surface area contributed by atoms with Crippen molar-refractivity contribution in [2.24, 2.45) is 0 Å². The number of hydrogen-bond donors (Lipinski definition) is 0. The SMILES string of the molecule is CCN1C=CN(CCOC)C1.Cl. The number of rotatable bonds is 4. The maximum Gasteiger partial charge on any atom is 0.0894 e. The van der Waals surface area contributed by atoms with Crippen LogP contribution in [0.1, 0.15) is 6.92 Å². The standard InChI is InChI=1S/C8H16N2O.ClH/c1-3-9-4-5-10(8-9)6-7-11-2;/h4-5H,3,6-8H2,1-2H3;1H. The molecule has 72 valence electrons. The second-order valence-electron chi connectivity index (χ2n) is 2.65. The molecule has 0 aromatic carbocycles. The van der Waals surface area contributed by atoms with E-state index in [9.17, 15) is 0 Å². The lowest BCUT2D eigenvalue weighted by atomic mass is 10.6. The number of ether oxygens (including phenoxy) is 1. The first kappa shape index (κ1) is 11.6. The summed E-state index contributed by atoms with van der Waals surface area (Å²) in [6.45, 7) is 6.05. The van der Waals surface area contributed by atoms with E-state index in [1.54, 1.807) is 7.11 Å². The Bertz CT molecular complexity index is 141. The minimum atomic E-state index is 0. The van der Waals surface area contributed by atoms with Crippen molar-refractivity contribution in [1.82, 2.24) is 9.80 Å². The lowest BCUT2D eigenvalue weighted by Gasteiger charge is -2.19. The van der Waals surface area contributed by atoms with Gasteiger partial charge in [-0.1, -0.05) is 0 Å². The fourth-order valence-corrected chi connectivity index (χ4v) is 1.08. The van der Waals surface area contributed by atoms with Crippen LogP contribution in [0.4, 0.5) is 0 Å². The van der Waals surface area contributed by atoms with Crippen LogP contribution in [0.2, 0.25) is 0 Å². The van der Waals surface area contributed by atoms with Crippen molar-refractivity contribution in [3.63, 3.8) is 0 Å². The largest absolute Gasteiger partial charge is 0.383 e. The molecule has 0 saturated heterocycles. The lowest BCUT2D eigenvalue weighted by Crippen LogP contribution is -2.27. The maximum absolute atomic E-state index is 4.98. The summed E-state index contributed by atoms with van der Waals surface area (Å²) in [4.78, 5) is 4.50. The highest BCUT2D eigenvalue weighted by Crippen LogP contribution is 2.04. The highest BCUT2D eigenvalue weighted by atomic mass is 35.5. The summed E-state index contributed by atoms with van der Waals surface area (Å²) in [6.07, 6.45) is 4.23. The van der Waals surface area contributed by atoms with Crippen molar-refractivity contribution in [2.45, 2.75) is 6.92 Å². The second kappa shape index (κ2) is 6.14. The lowest BCUT2D eigenvalue weighted by molar-refractivity contribution is 0.158. The topological polar surface area (TPSA) is 15.7 Å². The average molecular weight is 193 g/mol.